The lowest BCUT2D eigenvalue weighted by atomic mass is 10.0. The van der Waals surface area contributed by atoms with E-state index >= 15 is 0 Å². The Morgan fingerprint density at radius 3 is 2.31 bits per heavy atom. The molecule has 86 valence electrons. The minimum atomic E-state index is 0.252. The van der Waals surface area contributed by atoms with E-state index in [0.717, 1.165) is 19.3 Å². The minimum Gasteiger partial charge on any atom is -0.295 e. The number of allylic oxidation sites excluding steroid dienone is 2. The number of rotatable bonds is 6. The fourth-order valence-electron chi connectivity index (χ4n) is 1.67. The van der Waals surface area contributed by atoms with Crippen molar-refractivity contribution in [2.75, 3.05) is 0 Å². The Morgan fingerprint density at radius 1 is 1.12 bits per heavy atom. The molecule has 0 unspecified atom stereocenters. The Hall–Kier alpha value is -1.37. The molecule has 0 atom stereocenters. The molecular formula is C15H20O. The first-order valence-corrected chi connectivity index (χ1v) is 6.02. The fraction of sp³-hybridized carbons (Fsp3) is 0.400. The van der Waals surface area contributed by atoms with Gasteiger partial charge in [0.15, 0.2) is 5.78 Å². The van der Waals surface area contributed by atoms with Gasteiger partial charge in [-0.3, -0.25) is 4.79 Å². The zero-order valence-electron chi connectivity index (χ0n) is 10.2. The third-order valence-corrected chi connectivity index (χ3v) is 2.78. The van der Waals surface area contributed by atoms with Crippen LogP contribution in [-0.4, -0.2) is 5.78 Å². The van der Waals surface area contributed by atoms with Gasteiger partial charge in [0.2, 0.25) is 0 Å². The van der Waals surface area contributed by atoms with Crippen LogP contribution in [0.15, 0.2) is 42.0 Å². The predicted molar refractivity (Wildman–Crippen MR) is 68.4 cm³/mol. The molecule has 0 aromatic heterocycles. The summed E-state index contributed by atoms with van der Waals surface area (Å²) in [5.41, 5.74) is 2.48. The fourth-order valence-corrected chi connectivity index (χ4v) is 1.67. The summed E-state index contributed by atoms with van der Waals surface area (Å²) in [6.45, 7) is 4.19. The SMILES string of the molecule is CCC(=CC(=O)CCc1ccccc1)CC. The van der Waals surface area contributed by atoms with Crippen LogP contribution < -0.4 is 0 Å². The molecule has 0 bridgehead atoms. The van der Waals surface area contributed by atoms with E-state index in [1.54, 1.807) is 0 Å². The molecule has 0 amide bonds. The maximum atomic E-state index is 11.7. The first kappa shape index (κ1) is 12.7. The molecule has 1 aromatic carbocycles. The molecule has 0 aliphatic heterocycles. The molecule has 0 fully saturated rings. The van der Waals surface area contributed by atoms with Crippen molar-refractivity contribution in [2.45, 2.75) is 39.5 Å². The van der Waals surface area contributed by atoms with Crippen molar-refractivity contribution in [2.24, 2.45) is 0 Å². The van der Waals surface area contributed by atoms with E-state index in [2.05, 4.69) is 26.0 Å². The molecule has 0 saturated carbocycles. The van der Waals surface area contributed by atoms with Gasteiger partial charge in [0.05, 0.1) is 0 Å². The molecule has 0 saturated heterocycles. The van der Waals surface area contributed by atoms with Crippen molar-refractivity contribution >= 4 is 5.78 Å². The lowest BCUT2D eigenvalue weighted by Crippen LogP contribution is -1.97. The van der Waals surface area contributed by atoms with Gasteiger partial charge in [0.1, 0.15) is 0 Å². The van der Waals surface area contributed by atoms with E-state index < -0.39 is 0 Å². The maximum Gasteiger partial charge on any atom is 0.155 e. The minimum absolute atomic E-state index is 0.252. The summed E-state index contributed by atoms with van der Waals surface area (Å²) in [6, 6.07) is 10.2. The monoisotopic (exact) mass is 216 g/mol. The van der Waals surface area contributed by atoms with Crippen molar-refractivity contribution in [1.82, 2.24) is 0 Å². The molecule has 0 spiro atoms. The summed E-state index contributed by atoms with van der Waals surface area (Å²) >= 11 is 0. The van der Waals surface area contributed by atoms with Crippen LogP contribution in [0.2, 0.25) is 0 Å². The van der Waals surface area contributed by atoms with Crippen LogP contribution in [0.5, 0.6) is 0 Å². The van der Waals surface area contributed by atoms with Crippen LogP contribution in [-0.2, 0) is 11.2 Å². The van der Waals surface area contributed by atoms with Gasteiger partial charge in [-0.25, -0.2) is 0 Å². The van der Waals surface area contributed by atoms with Gasteiger partial charge in [0, 0.05) is 6.42 Å². The van der Waals surface area contributed by atoms with Gasteiger partial charge in [-0.1, -0.05) is 49.8 Å². The first-order chi connectivity index (χ1) is 7.76. The number of hydrogen-bond acceptors (Lipinski definition) is 1. The molecule has 1 rings (SSSR count). The summed E-state index contributed by atoms with van der Waals surface area (Å²) in [6.07, 6.45) is 5.24. The van der Waals surface area contributed by atoms with E-state index in [4.69, 9.17) is 0 Å². The second-order valence-electron chi connectivity index (χ2n) is 3.96. The maximum absolute atomic E-state index is 11.7. The summed E-state index contributed by atoms with van der Waals surface area (Å²) < 4.78 is 0. The average molecular weight is 216 g/mol. The van der Waals surface area contributed by atoms with E-state index in [1.165, 1.54) is 11.1 Å². The molecule has 1 aromatic rings. The van der Waals surface area contributed by atoms with Crippen molar-refractivity contribution in [1.29, 1.82) is 0 Å². The van der Waals surface area contributed by atoms with Crippen LogP contribution in [0.4, 0.5) is 0 Å². The van der Waals surface area contributed by atoms with Gasteiger partial charge in [-0.15, -0.1) is 0 Å². The highest BCUT2D eigenvalue weighted by molar-refractivity contribution is 5.90. The summed E-state index contributed by atoms with van der Waals surface area (Å²) in [5, 5.41) is 0. The van der Waals surface area contributed by atoms with E-state index in [-0.39, 0.29) is 5.78 Å². The average Bonchev–Trinajstić information content (AvgIpc) is 2.34. The molecule has 16 heavy (non-hydrogen) atoms. The third kappa shape index (κ3) is 4.43. The standard InChI is InChI=1S/C15H20O/c1-3-13(4-2)12-15(16)11-10-14-8-6-5-7-9-14/h5-9,12H,3-4,10-11H2,1-2H3. The van der Waals surface area contributed by atoms with E-state index in [1.807, 2.05) is 24.3 Å². The molecule has 1 nitrogen and oxygen atoms in total. The van der Waals surface area contributed by atoms with Gasteiger partial charge in [0.25, 0.3) is 0 Å². The zero-order chi connectivity index (χ0) is 11.8. The Balaban J connectivity index is 2.44. The van der Waals surface area contributed by atoms with Crippen LogP contribution in [0.3, 0.4) is 0 Å². The lowest BCUT2D eigenvalue weighted by molar-refractivity contribution is -0.114. The molecule has 0 aliphatic rings. The molecule has 1 heteroatoms. The van der Waals surface area contributed by atoms with Crippen molar-refractivity contribution in [3.8, 4) is 0 Å². The van der Waals surface area contributed by atoms with E-state index in [9.17, 15) is 4.79 Å². The molecule has 0 radical (unpaired) electrons. The number of aryl methyl sites for hydroxylation is 1. The Labute approximate surface area is 98.2 Å². The van der Waals surface area contributed by atoms with Crippen molar-refractivity contribution in [3.63, 3.8) is 0 Å². The first-order valence-electron chi connectivity index (χ1n) is 6.02. The van der Waals surface area contributed by atoms with Gasteiger partial charge in [-0.2, -0.15) is 0 Å². The summed E-state index contributed by atoms with van der Waals surface area (Å²) in [4.78, 5) is 11.7. The highest BCUT2D eigenvalue weighted by Gasteiger charge is 2.00. The summed E-state index contributed by atoms with van der Waals surface area (Å²) in [7, 11) is 0. The highest BCUT2D eigenvalue weighted by Crippen LogP contribution is 2.08. The largest absolute Gasteiger partial charge is 0.295 e. The highest BCUT2D eigenvalue weighted by atomic mass is 16.1. The lowest BCUT2D eigenvalue weighted by Gasteiger charge is -2.01. The number of benzene rings is 1. The zero-order valence-corrected chi connectivity index (χ0v) is 10.2. The number of carbonyl (C=O) groups excluding carboxylic acids is 1. The van der Waals surface area contributed by atoms with Gasteiger partial charge in [-0.05, 0) is 30.9 Å². The van der Waals surface area contributed by atoms with E-state index in [0.29, 0.717) is 6.42 Å². The quantitative estimate of drug-likeness (QED) is 0.658. The van der Waals surface area contributed by atoms with Gasteiger partial charge < -0.3 is 0 Å². The topological polar surface area (TPSA) is 17.1 Å². The van der Waals surface area contributed by atoms with Crippen LogP contribution >= 0.6 is 0 Å². The second-order valence-corrected chi connectivity index (χ2v) is 3.96. The second kappa shape index (κ2) is 7.00. The van der Waals surface area contributed by atoms with Crippen LogP contribution in [0.25, 0.3) is 0 Å². The van der Waals surface area contributed by atoms with Crippen molar-refractivity contribution in [3.05, 3.63) is 47.5 Å². The smallest absolute Gasteiger partial charge is 0.155 e. The van der Waals surface area contributed by atoms with Gasteiger partial charge >= 0.3 is 0 Å². The Bertz CT molecular complexity index is 343. The molecule has 0 N–H and O–H groups in total. The normalized spacial score (nSPS) is 9.88. The van der Waals surface area contributed by atoms with Crippen molar-refractivity contribution < 1.29 is 4.79 Å². The summed E-state index contributed by atoms with van der Waals surface area (Å²) in [5.74, 6) is 0.252. The van der Waals surface area contributed by atoms with Crippen LogP contribution in [0.1, 0.15) is 38.7 Å². The number of hydrogen-bond donors (Lipinski definition) is 0. The molecular weight excluding hydrogens is 196 g/mol. The molecule has 0 aliphatic carbocycles. The Morgan fingerprint density at radius 2 is 1.75 bits per heavy atom. The molecule has 0 heterocycles. The Kier molecular flexibility index (Phi) is 5.55. The number of carbonyl (C=O) groups is 1. The number of ketones is 1. The van der Waals surface area contributed by atoms with Crippen LogP contribution in [0, 0.1) is 0 Å². The third-order valence-electron chi connectivity index (χ3n) is 2.78. The predicted octanol–water partition coefficient (Wildman–Crippen LogP) is 3.93.